The zero-order valence-corrected chi connectivity index (χ0v) is 21.8. The molecule has 1 saturated heterocycles. The first-order valence-corrected chi connectivity index (χ1v) is 13.7. The lowest BCUT2D eigenvalue weighted by molar-refractivity contribution is -0.151. The van der Waals surface area contributed by atoms with Gasteiger partial charge in [0.2, 0.25) is 21.8 Å². The Bertz CT molecular complexity index is 960. The number of sulfonamides is 1. The Morgan fingerprint density at radius 2 is 1.72 bits per heavy atom. The summed E-state index contributed by atoms with van der Waals surface area (Å²) < 4.78 is 38.1. The van der Waals surface area contributed by atoms with Crippen molar-refractivity contribution >= 4 is 27.8 Å². The predicted molar refractivity (Wildman–Crippen MR) is 131 cm³/mol. The smallest absolute Gasteiger partial charge is 0.309 e. The second-order valence-electron chi connectivity index (χ2n) is 8.58. The molecular formula is C24H37N3O8S. The lowest BCUT2D eigenvalue weighted by Gasteiger charge is -2.31. The molecule has 2 amide bonds. The van der Waals surface area contributed by atoms with E-state index in [1.807, 2.05) is 0 Å². The summed E-state index contributed by atoms with van der Waals surface area (Å²) in [6.07, 6.45) is 2.79. The summed E-state index contributed by atoms with van der Waals surface area (Å²) in [4.78, 5) is 37.7. The van der Waals surface area contributed by atoms with Crippen LogP contribution in [0.3, 0.4) is 0 Å². The number of likely N-dealkylation sites (tertiary alicyclic amines) is 1. The number of ether oxygens (including phenoxy) is 2. The van der Waals surface area contributed by atoms with Crippen molar-refractivity contribution in [2.45, 2.75) is 56.8 Å². The van der Waals surface area contributed by atoms with Crippen molar-refractivity contribution in [3.8, 4) is 5.75 Å². The maximum Gasteiger partial charge on any atom is 0.309 e. The quantitative estimate of drug-likeness (QED) is 0.162. The zero-order chi connectivity index (χ0) is 26.6. The molecule has 0 atom stereocenters. The van der Waals surface area contributed by atoms with E-state index in [1.165, 1.54) is 23.5 Å². The van der Waals surface area contributed by atoms with E-state index < -0.39 is 15.9 Å². The fourth-order valence-electron chi connectivity index (χ4n) is 4.06. The topological polar surface area (TPSA) is 143 Å². The monoisotopic (exact) mass is 527 g/mol. The van der Waals surface area contributed by atoms with Crippen molar-refractivity contribution in [3.63, 3.8) is 0 Å². The highest BCUT2D eigenvalue weighted by molar-refractivity contribution is 7.89. The van der Waals surface area contributed by atoms with Crippen LogP contribution in [0.15, 0.2) is 29.2 Å². The predicted octanol–water partition coefficient (Wildman–Crippen LogP) is 1.94. The Labute approximate surface area is 212 Å². The number of rotatable bonds is 14. The molecule has 11 nitrogen and oxygen atoms in total. The van der Waals surface area contributed by atoms with E-state index >= 15 is 0 Å². The van der Waals surface area contributed by atoms with Gasteiger partial charge in [-0.15, -0.1) is 0 Å². The number of nitrogens with zero attached hydrogens (tertiary/aromatic N) is 2. The molecule has 1 heterocycles. The summed E-state index contributed by atoms with van der Waals surface area (Å²) in [6, 6.07) is 6.07. The molecule has 0 spiro atoms. The number of methoxy groups -OCH3 is 1. The standard InChI is InChI=1S/C24H37N3O8S/c1-3-35-24(30)19-12-16-26(17-13-19)23(29)14-18-27(15-6-4-5-7-22(28)25-31)36(32,33)21-10-8-20(34-2)9-11-21/h8-11,19,31H,3-7,12-18H2,1-2H3,(H,25,28). The van der Waals surface area contributed by atoms with E-state index in [0.717, 1.165) is 0 Å². The van der Waals surface area contributed by atoms with Crippen molar-refractivity contribution in [1.29, 1.82) is 0 Å². The lowest BCUT2D eigenvalue weighted by Crippen LogP contribution is -2.42. The normalized spacial score (nSPS) is 14.5. The van der Waals surface area contributed by atoms with Crippen LogP contribution in [0.4, 0.5) is 0 Å². The van der Waals surface area contributed by atoms with Gasteiger partial charge in [0.15, 0.2) is 0 Å². The molecule has 1 aliphatic rings. The van der Waals surface area contributed by atoms with Crippen LogP contribution in [0.1, 0.15) is 51.9 Å². The molecule has 1 aromatic carbocycles. The molecule has 0 unspecified atom stereocenters. The van der Waals surface area contributed by atoms with Crippen LogP contribution >= 0.6 is 0 Å². The van der Waals surface area contributed by atoms with Crippen molar-refractivity contribution in [2.75, 3.05) is 39.9 Å². The Morgan fingerprint density at radius 1 is 1.06 bits per heavy atom. The molecule has 1 aromatic rings. The van der Waals surface area contributed by atoms with Crippen LogP contribution in [0.25, 0.3) is 0 Å². The minimum Gasteiger partial charge on any atom is -0.497 e. The molecule has 12 heteroatoms. The molecule has 36 heavy (non-hydrogen) atoms. The molecule has 202 valence electrons. The van der Waals surface area contributed by atoms with Crippen molar-refractivity contribution < 1.29 is 37.5 Å². The van der Waals surface area contributed by atoms with Gasteiger partial charge in [-0.2, -0.15) is 4.31 Å². The van der Waals surface area contributed by atoms with Crippen LogP contribution in [0.5, 0.6) is 5.75 Å². The van der Waals surface area contributed by atoms with E-state index in [4.69, 9.17) is 14.7 Å². The molecule has 1 fully saturated rings. The van der Waals surface area contributed by atoms with Gasteiger partial charge in [0.05, 0.1) is 24.5 Å². The molecule has 0 saturated carbocycles. The van der Waals surface area contributed by atoms with Gasteiger partial charge in [-0.1, -0.05) is 6.42 Å². The summed E-state index contributed by atoms with van der Waals surface area (Å²) in [5.74, 6) is -0.572. The molecular weight excluding hydrogens is 490 g/mol. The van der Waals surface area contributed by atoms with Crippen molar-refractivity contribution in [2.24, 2.45) is 5.92 Å². The molecule has 0 aromatic heterocycles. The maximum absolute atomic E-state index is 13.3. The number of unbranched alkanes of at least 4 members (excludes halogenated alkanes) is 2. The average Bonchev–Trinajstić information content (AvgIpc) is 2.89. The minimum absolute atomic E-state index is 0.0160. The first-order chi connectivity index (χ1) is 17.2. The summed E-state index contributed by atoms with van der Waals surface area (Å²) in [5.41, 5.74) is 1.58. The summed E-state index contributed by atoms with van der Waals surface area (Å²) in [5, 5.41) is 8.59. The minimum atomic E-state index is -3.86. The van der Waals surface area contributed by atoms with Gasteiger partial charge in [0.25, 0.3) is 0 Å². The fraction of sp³-hybridized carbons (Fsp3) is 0.625. The summed E-state index contributed by atoms with van der Waals surface area (Å²) >= 11 is 0. The van der Waals surface area contributed by atoms with Crippen LogP contribution in [0.2, 0.25) is 0 Å². The fourth-order valence-corrected chi connectivity index (χ4v) is 5.54. The average molecular weight is 528 g/mol. The van der Waals surface area contributed by atoms with Gasteiger partial charge in [0.1, 0.15) is 5.75 Å². The number of carbonyl (C=O) groups is 3. The van der Waals surface area contributed by atoms with Gasteiger partial charge in [0, 0.05) is 39.0 Å². The van der Waals surface area contributed by atoms with E-state index in [-0.39, 0.29) is 48.6 Å². The third-order valence-corrected chi connectivity index (χ3v) is 8.09. The maximum atomic E-state index is 13.3. The first kappa shape index (κ1) is 29.5. The van der Waals surface area contributed by atoms with Crippen LogP contribution in [-0.4, -0.2) is 80.5 Å². The third-order valence-electron chi connectivity index (χ3n) is 6.18. The Kier molecular flexibility index (Phi) is 12.1. The highest BCUT2D eigenvalue weighted by Gasteiger charge is 2.30. The number of hydroxylamine groups is 1. The van der Waals surface area contributed by atoms with E-state index in [2.05, 4.69) is 0 Å². The number of hydrogen-bond acceptors (Lipinski definition) is 8. The van der Waals surface area contributed by atoms with Crippen LogP contribution in [-0.2, 0) is 29.1 Å². The highest BCUT2D eigenvalue weighted by atomic mass is 32.2. The largest absolute Gasteiger partial charge is 0.497 e. The number of amides is 2. The number of nitrogens with one attached hydrogen (secondary N) is 1. The van der Waals surface area contributed by atoms with Gasteiger partial charge in [-0.3, -0.25) is 19.6 Å². The third kappa shape index (κ3) is 8.75. The first-order valence-electron chi connectivity index (χ1n) is 12.2. The van der Waals surface area contributed by atoms with E-state index in [9.17, 15) is 22.8 Å². The lowest BCUT2D eigenvalue weighted by atomic mass is 9.97. The Morgan fingerprint density at radius 3 is 2.31 bits per heavy atom. The molecule has 2 rings (SSSR count). The van der Waals surface area contributed by atoms with Crippen molar-refractivity contribution in [1.82, 2.24) is 14.7 Å². The number of esters is 1. The Hall–Kier alpha value is -2.70. The highest BCUT2D eigenvalue weighted by Crippen LogP contribution is 2.22. The van der Waals surface area contributed by atoms with E-state index in [0.29, 0.717) is 57.6 Å². The number of carbonyl (C=O) groups excluding carboxylic acids is 3. The number of benzene rings is 1. The van der Waals surface area contributed by atoms with Gasteiger partial charge < -0.3 is 14.4 Å². The van der Waals surface area contributed by atoms with Gasteiger partial charge in [-0.25, -0.2) is 13.9 Å². The van der Waals surface area contributed by atoms with Gasteiger partial charge >= 0.3 is 5.97 Å². The van der Waals surface area contributed by atoms with Crippen molar-refractivity contribution in [3.05, 3.63) is 24.3 Å². The second kappa shape index (κ2) is 14.8. The SMILES string of the molecule is CCOC(=O)C1CCN(C(=O)CCN(CCCCCC(=O)NO)S(=O)(=O)c2ccc(OC)cc2)CC1. The summed E-state index contributed by atoms with van der Waals surface area (Å²) in [6.45, 7) is 3.15. The molecule has 0 bridgehead atoms. The van der Waals surface area contributed by atoms with Gasteiger partial charge in [-0.05, 0) is 56.9 Å². The second-order valence-corrected chi connectivity index (χ2v) is 10.5. The summed E-state index contributed by atoms with van der Waals surface area (Å²) in [7, 11) is -2.37. The number of hydrogen-bond donors (Lipinski definition) is 2. The van der Waals surface area contributed by atoms with Crippen LogP contribution in [0, 0.1) is 5.92 Å². The molecule has 2 N–H and O–H groups in total. The van der Waals surface area contributed by atoms with Crippen LogP contribution < -0.4 is 10.2 Å². The molecule has 1 aliphatic heterocycles. The number of piperidine rings is 1. The molecule has 0 radical (unpaired) electrons. The Balaban J connectivity index is 1.99. The zero-order valence-electron chi connectivity index (χ0n) is 21.0. The van der Waals surface area contributed by atoms with E-state index in [1.54, 1.807) is 29.4 Å². The molecule has 0 aliphatic carbocycles.